The van der Waals surface area contributed by atoms with E-state index in [4.69, 9.17) is 14.7 Å². The number of carbonyl (C=O) groups excluding carboxylic acids is 1. The van der Waals surface area contributed by atoms with Crippen LogP contribution in [0, 0.1) is 16.7 Å². The minimum atomic E-state index is -0.937. The van der Waals surface area contributed by atoms with Crippen molar-refractivity contribution in [3.63, 3.8) is 0 Å². The Morgan fingerprint density at radius 1 is 1.71 bits per heavy atom. The Bertz CT molecular complexity index is 243. The van der Waals surface area contributed by atoms with Crippen LogP contribution in [0.5, 0.6) is 0 Å². The van der Waals surface area contributed by atoms with E-state index in [1.165, 1.54) is 0 Å². The van der Waals surface area contributed by atoms with Crippen molar-refractivity contribution in [1.82, 2.24) is 5.32 Å². The zero-order valence-electron chi connectivity index (χ0n) is 8.21. The van der Waals surface area contributed by atoms with Gasteiger partial charge >= 0.3 is 0 Å². The summed E-state index contributed by atoms with van der Waals surface area (Å²) in [6.07, 6.45) is 0.755. The van der Waals surface area contributed by atoms with E-state index in [2.05, 4.69) is 5.32 Å². The van der Waals surface area contributed by atoms with Crippen LogP contribution >= 0.6 is 0 Å². The first kappa shape index (κ1) is 11.0. The maximum atomic E-state index is 11.5. The maximum Gasteiger partial charge on any atom is 0.245 e. The van der Waals surface area contributed by atoms with E-state index in [1.807, 2.05) is 6.07 Å². The molecule has 0 aromatic carbocycles. The molecule has 0 bridgehead atoms. The summed E-state index contributed by atoms with van der Waals surface area (Å²) in [4.78, 5) is 11.5. The maximum absolute atomic E-state index is 11.5. The predicted octanol–water partition coefficient (Wildman–Crippen LogP) is -0.321. The van der Waals surface area contributed by atoms with Gasteiger partial charge in [-0.3, -0.25) is 4.79 Å². The molecule has 14 heavy (non-hydrogen) atoms. The fourth-order valence-electron chi connectivity index (χ4n) is 1.14. The number of methoxy groups -OCH3 is 1. The molecule has 0 radical (unpaired) electrons. The number of rotatable bonds is 5. The zero-order chi connectivity index (χ0) is 10.4. The van der Waals surface area contributed by atoms with Crippen LogP contribution in [-0.2, 0) is 14.3 Å². The van der Waals surface area contributed by atoms with Crippen LogP contribution in [0.4, 0.5) is 0 Å². The van der Waals surface area contributed by atoms with Gasteiger partial charge < -0.3 is 14.8 Å². The highest BCUT2D eigenvalue weighted by molar-refractivity contribution is 5.86. The molecule has 1 aliphatic rings. The molecule has 1 N–H and O–H groups in total. The van der Waals surface area contributed by atoms with Crippen molar-refractivity contribution in [2.75, 3.05) is 33.5 Å². The fraction of sp³-hybridized carbons (Fsp3) is 0.778. The number of carbonyl (C=O) groups is 1. The van der Waals surface area contributed by atoms with Crippen LogP contribution in [0.25, 0.3) is 0 Å². The van der Waals surface area contributed by atoms with E-state index in [1.54, 1.807) is 7.11 Å². The smallest absolute Gasteiger partial charge is 0.245 e. The van der Waals surface area contributed by atoms with E-state index < -0.39 is 5.41 Å². The molecular weight excluding hydrogens is 184 g/mol. The van der Waals surface area contributed by atoms with E-state index in [9.17, 15) is 4.79 Å². The number of ether oxygens (including phenoxy) is 2. The van der Waals surface area contributed by atoms with Gasteiger partial charge in [-0.25, -0.2) is 0 Å². The number of hydrogen-bond donors (Lipinski definition) is 1. The number of amides is 1. The SMILES string of the molecule is COCCCNC(=O)C1(C#N)COC1. The van der Waals surface area contributed by atoms with Gasteiger partial charge in [-0.15, -0.1) is 0 Å². The largest absolute Gasteiger partial charge is 0.385 e. The van der Waals surface area contributed by atoms with Gasteiger partial charge in [-0.05, 0) is 6.42 Å². The molecule has 78 valence electrons. The second kappa shape index (κ2) is 4.94. The van der Waals surface area contributed by atoms with Gasteiger partial charge in [0.25, 0.3) is 0 Å². The van der Waals surface area contributed by atoms with Crippen LogP contribution in [-0.4, -0.2) is 39.4 Å². The average Bonchev–Trinajstić information content (AvgIpc) is 2.12. The van der Waals surface area contributed by atoms with E-state index in [0.29, 0.717) is 13.2 Å². The first-order valence-corrected chi connectivity index (χ1v) is 4.51. The van der Waals surface area contributed by atoms with Crippen molar-refractivity contribution in [2.45, 2.75) is 6.42 Å². The molecule has 1 amide bonds. The predicted molar refractivity (Wildman–Crippen MR) is 48.4 cm³/mol. The Morgan fingerprint density at radius 3 is 2.86 bits per heavy atom. The van der Waals surface area contributed by atoms with Crippen molar-refractivity contribution >= 4 is 5.91 Å². The summed E-state index contributed by atoms with van der Waals surface area (Å²) in [5, 5.41) is 11.5. The van der Waals surface area contributed by atoms with Gasteiger partial charge in [-0.1, -0.05) is 0 Å². The van der Waals surface area contributed by atoms with Crippen LogP contribution in [0.1, 0.15) is 6.42 Å². The van der Waals surface area contributed by atoms with Crippen molar-refractivity contribution in [3.8, 4) is 6.07 Å². The third-order valence-electron chi connectivity index (χ3n) is 2.16. The molecule has 0 saturated carbocycles. The van der Waals surface area contributed by atoms with Gasteiger partial charge in [-0.2, -0.15) is 5.26 Å². The standard InChI is InChI=1S/C9H14N2O3/c1-13-4-2-3-11-8(12)9(5-10)6-14-7-9/h2-4,6-7H2,1H3,(H,11,12). The first-order chi connectivity index (χ1) is 6.75. The summed E-state index contributed by atoms with van der Waals surface area (Å²) < 4.78 is 9.70. The number of hydrogen-bond acceptors (Lipinski definition) is 4. The lowest BCUT2D eigenvalue weighted by molar-refractivity contribution is -0.150. The van der Waals surface area contributed by atoms with Gasteiger partial charge in [0, 0.05) is 20.3 Å². The lowest BCUT2D eigenvalue weighted by Crippen LogP contribution is -2.53. The van der Waals surface area contributed by atoms with E-state index in [0.717, 1.165) is 6.42 Å². The zero-order valence-corrected chi connectivity index (χ0v) is 8.21. The normalized spacial score (nSPS) is 18.0. The topological polar surface area (TPSA) is 71.3 Å². The highest BCUT2D eigenvalue weighted by atomic mass is 16.5. The monoisotopic (exact) mass is 198 g/mol. The first-order valence-electron chi connectivity index (χ1n) is 4.51. The molecule has 1 heterocycles. The molecule has 0 aromatic rings. The van der Waals surface area contributed by atoms with E-state index >= 15 is 0 Å². The molecule has 0 atom stereocenters. The Morgan fingerprint density at radius 2 is 2.43 bits per heavy atom. The van der Waals surface area contributed by atoms with Gasteiger partial charge in [0.1, 0.15) is 0 Å². The van der Waals surface area contributed by atoms with Crippen molar-refractivity contribution in [3.05, 3.63) is 0 Å². The Hall–Kier alpha value is -1.12. The molecule has 0 aliphatic carbocycles. The quantitative estimate of drug-likeness (QED) is 0.614. The third kappa shape index (κ3) is 2.22. The van der Waals surface area contributed by atoms with Gasteiger partial charge in [0.05, 0.1) is 19.3 Å². The second-order valence-electron chi connectivity index (χ2n) is 3.29. The Balaban J connectivity index is 2.24. The minimum absolute atomic E-state index is 0.208. The molecule has 0 aromatic heterocycles. The summed E-state index contributed by atoms with van der Waals surface area (Å²) in [5.41, 5.74) is -0.937. The molecule has 1 rings (SSSR count). The minimum Gasteiger partial charge on any atom is -0.385 e. The third-order valence-corrected chi connectivity index (χ3v) is 2.16. The molecule has 5 nitrogen and oxygen atoms in total. The number of nitriles is 1. The summed E-state index contributed by atoms with van der Waals surface area (Å²) in [6.45, 7) is 1.56. The molecule has 1 aliphatic heterocycles. The van der Waals surface area contributed by atoms with Crippen molar-refractivity contribution in [1.29, 1.82) is 5.26 Å². The van der Waals surface area contributed by atoms with Crippen LogP contribution in [0.15, 0.2) is 0 Å². The van der Waals surface area contributed by atoms with Gasteiger partial charge in [0.15, 0.2) is 5.41 Å². The Labute approximate surface area is 83.0 Å². The molecule has 5 heteroatoms. The molecule has 0 spiro atoms. The Kier molecular flexibility index (Phi) is 3.86. The van der Waals surface area contributed by atoms with Crippen molar-refractivity contribution in [2.24, 2.45) is 5.41 Å². The summed E-state index contributed by atoms with van der Waals surface area (Å²) in [6, 6.07) is 1.99. The highest BCUT2D eigenvalue weighted by Gasteiger charge is 2.46. The summed E-state index contributed by atoms with van der Waals surface area (Å²) in [7, 11) is 1.61. The van der Waals surface area contributed by atoms with Crippen molar-refractivity contribution < 1.29 is 14.3 Å². The highest BCUT2D eigenvalue weighted by Crippen LogP contribution is 2.26. The summed E-state index contributed by atoms with van der Waals surface area (Å²) in [5.74, 6) is -0.234. The van der Waals surface area contributed by atoms with Crippen LogP contribution in [0.2, 0.25) is 0 Å². The molecular formula is C9H14N2O3. The molecule has 0 unspecified atom stereocenters. The lowest BCUT2D eigenvalue weighted by Gasteiger charge is -2.33. The van der Waals surface area contributed by atoms with Crippen LogP contribution in [0.3, 0.4) is 0 Å². The molecule has 1 fully saturated rings. The fourth-order valence-corrected chi connectivity index (χ4v) is 1.14. The number of nitrogens with one attached hydrogen (secondary N) is 1. The second-order valence-corrected chi connectivity index (χ2v) is 3.29. The van der Waals surface area contributed by atoms with Crippen LogP contribution < -0.4 is 5.32 Å². The van der Waals surface area contributed by atoms with E-state index in [-0.39, 0.29) is 19.1 Å². The molecule has 1 saturated heterocycles. The number of nitrogens with zero attached hydrogens (tertiary/aromatic N) is 1. The van der Waals surface area contributed by atoms with Gasteiger partial charge in [0.2, 0.25) is 5.91 Å². The summed E-state index contributed by atoms with van der Waals surface area (Å²) >= 11 is 0. The lowest BCUT2D eigenvalue weighted by atomic mass is 9.87. The average molecular weight is 198 g/mol.